The normalized spacial score (nSPS) is 25.3. The fraction of sp³-hybridized carbons (Fsp3) is 0.438. The van der Waals surface area contributed by atoms with Crippen molar-refractivity contribution in [2.75, 3.05) is 6.61 Å². The number of aromatic nitrogens is 1. The van der Waals surface area contributed by atoms with Gasteiger partial charge in [-0.1, -0.05) is 11.6 Å². The molecule has 3 rings (SSSR count). The molecule has 0 unspecified atom stereocenters. The van der Waals surface area contributed by atoms with Gasteiger partial charge in [-0.2, -0.15) is 0 Å². The minimum atomic E-state index is -0.157. The molecule has 1 saturated carbocycles. The molecule has 118 valence electrons. The van der Waals surface area contributed by atoms with Gasteiger partial charge >= 0.3 is 0 Å². The van der Waals surface area contributed by atoms with Gasteiger partial charge in [0.2, 0.25) is 0 Å². The number of hydrogen-bond donors (Lipinski definition) is 4. The number of aromatic amines is 1. The minimum Gasteiger partial charge on any atom is -0.396 e. The van der Waals surface area contributed by atoms with Crippen molar-refractivity contribution in [3.05, 3.63) is 35.0 Å². The van der Waals surface area contributed by atoms with Crippen molar-refractivity contribution in [1.29, 1.82) is 0 Å². The lowest BCUT2D eigenvalue weighted by Crippen LogP contribution is -2.51. The highest BCUT2D eigenvalue weighted by Crippen LogP contribution is 2.24. The molecular weight excluding hydrogens is 302 g/mol. The highest BCUT2D eigenvalue weighted by atomic mass is 35.5. The molecule has 5 nitrogen and oxygen atoms in total. The maximum absolute atomic E-state index is 12.4. The maximum Gasteiger partial charge on any atom is 0.268 e. The van der Waals surface area contributed by atoms with E-state index in [9.17, 15) is 9.90 Å². The lowest BCUT2D eigenvalue weighted by Gasteiger charge is -2.33. The van der Waals surface area contributed by atoms with Crippen molar-refractivity contribution >= 4 is 28.4 Å². The van der Waals surface area contributed by atoms with Gasteiger partial charge in [-0.3, -0.25) is 4.79 Å². The third kappa shape index (κ3) is 3.11. The van der Waals surface area contributed by atoms with Crippen molar-refractivity contribution < 1.29 is 9.90 Å². The average molecular weight is 322 g/mol. The van der Waals surface area contributed by atoms with E-state index in [2.05, 4.69) is 10.3 Å². The summed E-state index contributed by atoms with van der Waals surface area (Å²) >= 11 is 5.96. The Morgan fingerprint density at radius 2 is 2.23 bits per heavy atom. The maximum atomic E-state index is 12.4. The number of nitrogens with one attached hydrogen (secondary N) is 2. The Kier molecular flexibility index (Phi) is 4.38. The first kappa shape index (κ1) is 15.3. The summed E-state index contributed by atoms with van der Waals surface area (Å²) in [5.41, 5.74) is 7.50. The van der Waals surface area contributed by atoms with Crippen LogP contribution in [0.4, 0.5) is 0 Å². The van der Waals surface area contributed by atoms with Gasteiger partial charge in [0.25, 0.3) is 5.91 Å². The van der Waals surface area contributed by atoms with Crippen LogP contribution in [0.25, 0.3) is 10.9 Å². The summed E-state index contributed by atoms with van der Waals surface area (Å²) in [6.07, 6.45) is 2.42. The van der Waals surface area contributed by atoms with Gasteiger partial charge in [-0.25, -0.2) is 0 Å². The second-order valence-corrected chi connectivity index (χ2v) is 6.46. The number of halogens is 1. The Hall–Kier alpha value is -1.56. The Labute approximate surface area is 133 Å². The molecular formula is C16H20ClN3O2. The van der Waals surface area contributed by atoms with Crippen LogP contribution in [0.2, 0.25) is 5.02 Å². The Morgan fingerprint density at radius 3 is 2.95 bits per heavy atom. The van der Waals surface area contributed by atoms with E-state index >= 15 is 0 Å². The quantitative estimate of drug-likeness (QED) is 0.697. The Bertz CT molecular complexity index is 685. The summed E-state index contributed by atoms with van der Waals surface area (Å²) in [5.74, 6) is 0.0913. The molecule has 0 aliphatic heterocycles. The monoisotopic (exact) mass is 321 g/mol. The predicted octanol–water partition coefficient (Wildman–Crippen LogP) is 2.04. The van der Waals surface area contributed by atoms with Gasteiger partial charge < -0.3 is 21.1 Å². The molecule has 1 aromatic heterocycles. The number of amides is 1. The first-order valence-electron chi connectivity index (χ1n) is 7.52. The third-order valence-electron chi connectivity index (χ3n) is 4.41. The van der Waals surface area contributed by atoms with Crippen LogP contribution in [0.1, 0.15) is 29.8 Å². The van der Waals surface area contributed by atoms with Crippen molar-refractivity contribution in [1.82, 2.24) is 10.3 Å². The number of benzene rings is 1. The molecule has 22 heavy (non-hydrogen) atoms. The van der Waals surface area contributed by atoms with Crippen LogP contribution in [0.15, 0.2) is 24.3 Å². The van der Waals surface area contributed by atoms with Gasteiger partial charge in [0, 0.05) is 34.6 Å². The number of fused-ring (bicyclic) bond motifs is 1. The zero-order valence-corrected chi connectivity index (χ0v) is 12.9. The molecule has 0 bridgehead atoms. The van der Waals surface area contributed by atoms with Crippen molar-refractivity contribution in [2.24, 2.45) is 11.7 Å². The third-order valence-corrected chi connectivity index (χ3v) is 4.65. The molecule has 6 heteroatoms. The molecule has 5 N–H and O–H groups in total. The number of rotatable bonds is 3. The number of aliphatic hydroxyl groups excluding tert-OH is 1. The van der Waals surface area contributed by atoms with E-state index in [0.29, 0.717) is 10.7 Å². The smallest absolute Gasteiger partial charge is 0.268 e. The molecule has 1 aromatic carbocycles. The van der Waals surface area contributed by atoms with Crippen molar-refractivity contribution in [3.63, 3.8) is 0 Å². The molecule has 0 saturated heterocycles. The van der Waals surface area contributed by atoms with E-state index < -0.39 is 0 Å². The Morgan fingerprint density at radius 1 is 1.41 bits per heavy atom. The van der Waals surface area contributed by atoms with Gasteiger partial charge in [-0.15, -0.1) is 0 Å². The molecule has 3 atom stereocenters. The highest BCUT2D eigenvalue weighted by molar-refractivity contribution is 6.31. The van der Waals surface area contributed by atoms with Crippen LogP contribution in [-0.4, -0.2) is 34.7 Å². The zero-order chi connectivity index (χ0) is 15.7. The number of nitrogens with two attached hydrogens (primary N) is 1. The average Bonchev–Trinajstić information content (AvgIpc) is 2.92. The van der Waals surface area contributed by atoms with Crippen LogP contribution in [0.5, 0.6) is 0 Å². The van der Waals surface area contributed by atoms with Crippen LogP contribution >= 0.6 is 11.6 Å². The minimum absolute atomic E-state index is 0.0506. The summed E-state index contributed by atoms with van der Waals surface area (Å²) in [6, 6.07) is 7.09. The van der Waals surface area contributed by atoms with Crippen LogP contribution in [0, 0.1) is 5.92 Å². The molecule has 1 aliphatic carbocycles. The fourth-order valence-electron chi connectivity index (χ4n) is 3.11. The molecule has 1 aliphatic rings. The van der Waals surface area contributed by atoms with E-state index in [1.807, 2.05) is 12.1 Å². The van der Waals surface area contributed by atoms with Gasteiger partial charge in [-0.05, 0) is 49.4 Å². The highest BCUT2D eigenvalue weighted by Gasteiger charge is 2.29. The topological polar surface area (TPSA) is 91.1 Å². The van der Waals surface area contributed by atoms with Gasteiger partial charge in [0.05, 0.1) is 0 Å². The molecule has 1 heterocycles. The van der Waals surface area contributed by atoms with Crippen molar-refractivity contribution in [2.45, 2.75) is 31.3 Å². The first-order valence-corrected chi connectivity index (χ1v) is 7.90. The number of aliphatic hydroxyl groups is 1. The molecule has 0 spiro atoms. The lowest BCUT2D eigenvalue weighted by molar-refractivity contribution is 0.0897. The lowest BCUT2D eigenvalue weighted by atomic mass is 9.83. The van der Waals surface area contributed by atoms with E-state index in [1.54, 1.807) is 12.1 Å². The van der Waals surface area contributed by atoms with E-state index in [4.69, 9.17) is 17.3 Å². The number of hydrogen-bond acceptors (Lipinski definition) is 3. The van der Waals surface area contributed by atoms with Crippen molar-refractivity contribution in [3.8, 4) is 0 Å². The first-order chi connectivity index (χ1) is 10.6. The predicted molar refractivity (Wildman–Crippen MR) is 87.0 cm³/mol. The van der Waals surface area contributed by atoms with Crippen LogP contribution in [-0.2, 0) is 0 Å². The van der Waals surface area contributed by atoms with Crippen LogP contribution < -0.4 is 11.1 Å². The number of H-pyrrole nitrogens is 1. The van der Waals surface area contributed by atoms with E-state index in [1.165, 1.54) is 0 Å². The van der Waals surface area contributed by atoms with Gasteiger partial charge in [0.1, 0.15) is 5.69 Å². The number of carbonyl (C=O) groups excluding carboxylic acids is 1. The SMILES string of the molecule is N[C@@H]1C[C@@H](CO)CC[C@H]1NC(=O)c1cc2cc(Cl)ccc2[nH]1. The number of carbonyl (C=O) groups is 1. The fourth-order valence-corrected chi connectivity index (χ4v) is 3.29. The molecule has 1 amide bonds. The summed E-state index contributed by atoms with van der Waals surface area (Å²) in [7, 11) is 0. The summed E-state index contributed by atoms with van der Waals surface area (Å²) < 4.78 is 0. The largest absolute Gasteiger partial charge is 0.396 e. The van der Waals surface area contributed by atoms with E-state index in [0.717, 1.165) is 30.2 Å². The molecule has 2 aromatic rings. The second kappa shape index (κ2) is 6.28. The zero-order valence-electron chi connectivity index (χ0n) is 12.2. The Balaban J connectivity index is 1.70. The molecule has 0 radical (unpaired) electrons. The summed E-state index contributed by atoms with van der Waals surface area (Å²) in [5, 5.41) is 13.7. The van der Waals surface area contributed by atoms with Crippen LogP contribution in [0.3, 0.4) is 0 Å². The standard InChI is InChI=1S/C16H20ClN3O2/c17-11-2-4-13-10(6-11)7-15(19-13)16(22)20-14-3-1-9(8-21)5-12(14)18/h2,4,6-7,9,12,14,19,21H,1,3,5,8,18H2,(H,20,22)/t9-,12+,14+/m0/s1. The molecule has 1 fully saturated rings. The van der Waals surface area contributed by atoms with E-state index in [-0.39, 0.29) is 30.5 Å². The summed E-state index contributed by atoms with van der Waals surface area (Å²) in [6.45, 7) is 0.164. The van der Waals surface area contributed by atoms with Gasteiger partial charge in [0.15, 0.2) is 0 Å². The summed E-state index contributed by atoms with van der Waals surface area (Å²) in [4.78, 5) is 15.5. The second-order valence-electron chi connectivity index (χ2n) is 6.02.